The van der Waals surface area contributed by atoms with Crippen molar-refractivity contribution in [2.24, 2.45) is 9.98 Å². The first kappa shape index (κ1) is 13.6. The summed E-state index contributed by atoms with van der Waals surface area (Å²) in [7, 11) is 0. The van der Waals surface area contributed by atoms with E-state index in [1.807, 2.05) is 13.0 Å². The highest BCUT2D eigenvalue weighted by Crippen LogP contribution is 2.04. The molecular weight excluding hydrogens is 228 g/mol. The van der Waals surface area contributed by atoms with E-state index in [4.69, 9.17) is 0 Å². The average molecular weight is 242 g/mol. The third kappa shape index (κ3) is 3.82. The van der Waals surface area contributed by atoms with Gasteiger partial charge in [-0.3, -0.25) is 9.98 Å². The van der Waals surface area contributed by atoms with Gasteiger partial charge in [-0.05, 0) is 13.8 Å². The summed E-state index contributed by atoms with van der Waals surface area (Å²) in [6, 6.07) is 0. The second-order valence-electron chi connectivity index (χ2n) is 3.20. The van der Waals surface area contributed by atoms with Gasteiger partial charge in [0.1, 0.15) is 5.70 Å². The number of rotatable bonds is 5. The summed E-state index contributed by atoms with van der Waals surface area (Å²) >= 11 is 0. The zero-order valence-electron chi connectivity index (χ0n) is 10.4. The van der Waals surface area contributed by atoms with Crippen LogP contribution >= 0.6 is 0 Å². The van der Waals surface area contributed by atoms with Gasteiger partial charge in [-0.1, -0.05) is 25.3 Å². The molecule has 6 heteroatoms. The Hall–Kier alpha value is -2.50. The van der Waals surface area contributed by atoms with Crippen molar-refractivity contribution in [1.29, 1.82) is 0 Å². The van der Waals surface area contributed by atoms with E-state index in [9.17, 15) is 0 Å². The minimum atomic E-state index is 0.274. The Morgan fingerprint density at radius 1 is 1.17 bits per heavy atom. The molecular formula is C12H14N6. The van der Waals surface area contributed by atoms with E-state index in [2.05, 4.69) is 43.5 Å². The van der Waals surface area contributed by atoms with Crippen LogP contribution in [0, 0.1) is 0 Å². The third-order valence-electron chi connectivity index (χ3n) is 1.81. The quantitative estimate of drug-likeness (QED) is 0.738. The lowest BCUT2D eigenvalue weighted by atomic mass is 10.4. The molecule has 0 aliphatic carbocycles. The molecule has 0 saturated heterocycles. The predicted molar refractivity (Wildman–Crippen MR) is 72.4 cm³/mol. The van der Waals surface area contributed by atoms with Gasteiger partial charge in [0.05, 0.1) is 5.71 Å². The summed E-state index contributed by atoms with van der Waals surface area (Å²) < 4.78 is 0. The number of allylic oxidation sites excluding steroid dienone is 2. The maximum atomic E-state index is 4.10. The van der Waals surface area contributed by atoms with Crippen molar-refractivity contribution >= 4 is 17.6 Å². The molecule has 0 fully saturated rings. The molecule has 0 amide bonds. The Morgan fingerprint density at radius 2 is 1.78 bits per heavy atom. The van der Waals surface area contributed by atoms with Gasteiger partial charge in [0.25, 0.3) is 0 Å². The number of aromatic nitrogens is 4. The predicted octanol–water partition coefficient (Wildman–Crippen LogP) is 1.84. The lowest BCUT2D eigenvalue weighted by molar-refractivity contribution is 0.818. The van der Waals surface area contributed by atoms with Crippen molar-refractivity contribution in [3.8, 4) is 0 Å². The van der Waals surface area contributed by atoms with Crippen LogP contribution in [0.5, 0.6) is 0 Å². The average Bonchev–Trinajstić information content (AvgIpc) is 2.42. The maximum absolute atomic E-state index is 4.10. The first-order valence-corrected chi connectivity index (χ1v) is 5.26. The fraction of sp³-hybridized carbons (Fsp3) is 0.167. The summed E-state index contributed by atoms with van der Waals surface area (Å²) in [5.74, 6) is 0.646. The van der Waals surface area contributed by atoms with E-state index >= 15 is 0 Å². The second kappa shape index (κ2) is 6.95. The summed E-state index contributed by atoms with van der Waals surface area (Å²) in [6.07, 6.45) is 6.50. The van der Waals surface area contributed by atoms with Crippen LogP contribution in [-0.2, 0) is 0 Å². The van der Waals surface area contributed by atoms with Crippen molar-refractivity contribution in [2.75, 3.05) is 0 Å². The maximum Gasteiger partial charge on any atom is 0.221 e. The highest BCUT2D eigenvalue weighted by atomic mass is 15.3. The van der Waals surface area contributed by atoms with E-state index < -0.39 is 0 Å². The van der Waals surface area contributed by atoms with Gasteiger partial charge in [0.2, 0.25) is 11.6 Å². The molecule has 0 spiro atoms. The Bertz CT molecular complexity index is 510. The van der Waals surface area contributed by atoms with Crippen LogP contribution in [0.4, 0.5) is 0 Å². The van der Waals surface area contributed by atoms with Crippen molar-refractivity contribution < 1.29 is 0 Å². The van der Waals surface area contributed by atoms with Crippen LogP contribution in [0.25, 0.3) is 5.70 Å². The normalized spacial score (nSPS) is 12.2. The van der Waals surface area contributed by atoms with E-state index in [1.165, 1.54) is 12.3 Å². The van der Waals surface area contributed by atoms with Crippen LogP contribution in [0.15, 0.2) is 41.5 Å². The molecule has 0 aliphatic rings. The largest absolute Gasteiger partial charge is 0.258 e. The van der Waals surface area contributed by atoms with Gasteiger partial charge in [0, 0.05) is 12.4 Å². The lowest BCUT2D eigenvalue weighted by Gasteiger charge is -1.98. The number of hydrogen-bond donors (Lipinski definition) is 0. The molecule has 0 atom stereocenters. The Kier molecular flexibility index (Phi) is 5.24. The lowest BCUT2D eigenvalue weighted by Crippen LogP contribution is -2.08. The number of hydrogen-bond acceptors (Lipinski definition) is 6. The van der Waals surface area contributed by atoms with Crippen molar-refractivity contribution in [2.45, 2.75) is 13.8 Å². The number of nitrogens with zero attached hydrogens (tertiary/aromatic N) is 6. The molecule has 1 aromatic rings. The molecule has 18 heavy (non-hydrogen) atoms. The SMILES string of the molecule is C=CC=NC(=C)c1nnc(C(C)=N/C=C\C)nn1. The van der Waals surface area contributed by atoms with Crippen molar-refractivity contribution in [3.05, 3.63) is 43.2 Å². The van der Waals surface area contributed by atoms with Gasteiger partial charge in [-0.2, -0.15) is 0 Å². The van der Waals surface area contributed by atoms with E-state index in [0.717, 1.165) is 0 Å². The highest BCUT2D eigenvalue weighted by molar-refractivity contribution is 5.95. The molecule has 0 aromatic carbocycles. The molecule has 0 aliphatic heterocycles. The Morgan fingerprint density at radius 3 is 2.33 bits per heavy atom. The van der Waals surface area contributed by atoms with Gasteiger partial charge in [-0.15, -0.1) is 20.4 Å². The Balaban J connectivity index is 2.89. The van der Waals surface area contributed by atoms with Gasteiger partial charge >= 0.3 is 0 Å². The molecule has 0 unspecified atom stereocenters. The molecule has 6 nitrogen and oxygen atoms in total. The fourth-order valence-electron chi connectivity index (χ4n) is 0.934. The van der Waals surface area contributed by atoms with Crippen LogP contribution in [0.3, 0.4) is 0 Å². The molecule has 92 valence electrons. The van der Waals surface area contributed by atoms with Crippen molar-refractivity contribution in [1.82, 2.24) is 20.4 Å². The summed E-state index contributed by atoms with van der Waals surface area (Å²) in [4.78, 5) is 8.06. The monoisotopic (exact) mass is 242 g/mol. The minimum absolute atomic E-state index is 0.274. The van der Waals surface area contributed by atoms with Crippen LogP contribution in [-0.4, -0.2) is 32.3 Å². The summed E-state index contributed by atoms with van der Waals surface area (Å²) in [6.45, 7) is 10.9. The first-order valence-electron chi connectivity index (χ1n) is 5.26. The Labute approximate surface area is 106 Å². The topological polar surface area (TPSA) is 76.3 Å². The number of aliphatic imine (C=N–C) groups is 2. The zero-order valence-corrected chi connectivity index (χ0v) is 10.4. The smallest absolute Gasteiger partial charge is 0.221 e. The van der Waals surface area contributed by atoms with Gasteiger partial charge in [0.15, 0.2) is 0 Å². The standard InChI is InChI=1S/C12H14N6/c1-5-7-13-9(3)11-15-17-12(18-16-11)10(4)14-8-6-2/h5-8H,1,3H2,2,4H3/b8-6-,13-7?,14-10?. The fourth-order valence-corrected chi connectivity index (χ4v) is 0.934. The molecule has 0 bridgehead atoms. The third-order valence-corrected chi connectivity index (χ3v) is 1.81. The molecule has 0 radical (unpaired) electrons. The highest BCUT2D eigenvalue weighted by Gasteiger charge is 2.05. The molecule has 1 aromatic heterocycles. The van der Waals surface area contributed by atoms with Crippen LogP contribution in [0.2, 0.25) is 0 Å². The molecule has 1 rings (SSSR count). The van der Waals surface area contributed by atoms with E-state index in [0.29, 0.717) is 17.2 Å². The van der Waals surface area contributed by atoms with Gasteiger partial charge < -0.3 is 0 Å². The molecule has 1 heterocycles. The van der Waals surface area contributed by atoms with Crippen molar-refractivity contribution in [3.63, 3.8) is 0 Å². The molecule has 0 N–H and O–H groups in total. The van der Waals surface area contributed by atoms with E-state index in [-0.39, 0.29) is 5.82 Å². The summed E-state index contributed by atoms with van der Waals surface area (Å²) in [5, 5.41) is 15.6. The van der Waals surface area contributed by atoms with Gasteiger partial charge in [-0.25, -0.2) is 0 Å². The van der Waals surface area contributed by atoms with Crippen LogP contribution < -0.4 is 0 Å². The second-order valence-corrected chi connectivity index (χ2v) is 3.20. The summed E-state index contributed by atoms with van der Waals surface area (Å²) in [5.41, 5.74) is 1.02. The first-order chi connectivity index (χ1) is 8.69. The van der Waals surface area contributed by atoms with Crippen LogP contribution in [0.1, 0.15) is 25.5 Å². The zero-order chi connectivity index (χ0) is 13.4. The minimum Gasteiger partial charge on any atom is -0.258 e. The van der Waals surface area contributed by atoms with E-state index in [1.54, 1.807) is 13.1 Å². The molecule has 0 saturated carbocycles.